The van der Waals surface area contributed by atoms with Crippen LogP contribution in [-0.4, -0.2) is 36.1 Å². The van der Waals surface area contributed by atoms with Gasteiger partial charge in [0.2, 0.25) is 0 Å². The van der Waals surface area contributed by atoms with Crippen LogP contribution < -0.4 is 5.32 Å². The van der Waals surface area contributed by atoms with E-state index in [1.54, 1.807) is 11.3 Å². The Morgan fingerprint density at radius 3 is 2.63 bits per heavy atom. The minimum atomic E-state index is 0.119. The first kappa shape index (κ1) is 18.9. The molecule has 1 unspecified atom stereocenters. The maximum atomic E-state index is 5.08. The topological polar surface area (TPSA) is 28.2 Å². The van der Waals surface area contributed by atoms with Crippen LogP contribution in [0.3, 0.4) is 0 Å². The van der Waals surface area contributed by atoms with Crippen LogP contribution in [-0.2, 0) is 5.41 Å². The van der Waals surface area contributed by atoms with Gasteiger partial charge in [-0.2, -0.15) is 0 Å². The fourth-order valence-corrected chi connectivity index (χ4v) is 5.82. The van der Waals surface area contributed by atoms with E-state index >= 15 is 0 Å². The number of nitrogens with one attached hydrogen (secondary N) is 1. The van der Waals surface area contributed by atoms with Crippen molar-refractivity contribution in [3.05, 3.63) is 46.5 Å². The highest BCUT2D eigenvalue weighted by molar-refractivity contribution is 7.13. The molecular formula is C23H33N3S. The van der Waals surface area contributed by atoms with Crippen LogP contribution in [0.2, 0.25) is 0 Å². The van der Waals surface area contributed by atoms with E-state index in [-0.39, 0.29) is 5.41 Å². The van der Waals surface area contributed by atoms with Crippen molar-refractivity contribution in [3.63, 3.8) is 0 Å². The predicted molar refractivity (Wildman–Crippen MR) is 116 cm³/mol. The molecular weight excluding hydrogens is 350 g/mol. The van der Waals surface area contributed by atoms with Crippen LogP contribution >= 0.6 is 11.3 Å². The summed E-state index contributed by atoms with van der Waals surface area (Å²) in [4.78, 5) is 7.59. The number of rotatable bonds is 6. The molecule has 1 aliphatic carbocycles. The van der Waals surface area contributed by atoms with Gasteiger partial charge < -0.3 is 10.2 Å². The molecule has 4 heteroatoms. The lowest BCUT2D eigenvalue weighted by atomic mass is 9.67. The largest absolute Gasteiger partial charge is 0.361 e. The molecule has 2 heterocycles. The average molecular weight is 384 g/mol. The van der Waals surface area contributed by atoms with Crippen LogP contribution in [0.4, 0.5) is 5.13 Å². The van der Waals surface area contributed by atoms with Crippen molar-refractivity contribution in [2.45, 2.75) is 69.7 Å². The highest BCUT2D eigenvalue weighted by Crippen LogP contribution is 2.45. The third-order valence-corrected chi connectivity index (χ3v) is 7.53. The van der Waals surface area contributed by atoms with Crippen molar-refractivity contribution in [2.75, 3.05) is 25.5 Å². The highest BCUT2D eigenvalue weighted by atomic mass is 32.1. The Bertz CT molecular complexity index is 730. The summed E-state index contributed by atoms with van der Waals surface area (Å²) >= 11 is 1.79. The quantitative estimate of drug-likeness (QED) is 0.704. The third-order valence-electron chi connectivity index (χ3n) is 6.73. The number of anilines is 1. The Balaban J connectivity index is 1.47. The maximum Gasteiger partial charge on any atom is 0.182 e. The van der Waals surface area contributed by atoms with Crippen molar-refractivity contribution in [1.29, 1.82) is 0 Å². The van der Waals surface area contributed by atoms with Gasteiger partial charge in [-0.25, -0.2) is 4.98 Å². The van der Waals surface area contributed by atoms with Crippen LogP contribution in [0.1, 0.15) is 68.2 Å². The van der Waals surface area contributed by atoms with E-state index in [4.69, 9.17) is 4.98 Å². The summed E-state index contributed by atoms with van der Waals surface area (Å²) in [5.41, 5.74) is 4.20. The zero-order chi connectivity index (χ0) is 18.7. The van der Waals surface area contributed by atoms with Gasteiger partial charge in [0.1, 0.15) is 0 Å². The summed E-state index contributed by atoms with van der Waals surface area (Å²) in [7, 11) is 2.26. The molecule has 2 aromatic rings. The summed E-state index contributed by atoms with van der Waals surface area (Å²) in [5, 5.41) is 7.02. The smallest absolute Gasteiger partial charge is 0.182 e. The first-order valence-corrected chi connectivity index (χ1v) is 11.5. The summed E-state index contributed by atoms with van der Waals surface area (Å²) < 4.78 is 0. The molecule has 1 aliphatic heterocycles. The molecule has 3 nitrogen and oxygen atoms in total. The molecule has 1 N–H and O–H groups in total. The Morgan fingerprint density at radius 1 is 1.15 bits per heavy atom. The molecule has 0 amide bonds. The third kappa shape index (κ3) is 4.07. The van der Waals surface area contributed by atoms with Crippen molar-refractivity contribution in [3.8, 4) is 0 Å². The van der Waals surface area contributed by atoms with Crippen LogP contribution in [0.15, 0.2) is 29.6 Å². The molecule has 0 radical (unpaired) electrons. The number of likely N-dealkylation sites (tertiary alicyclic amines) is 1. The monoisotopic (exact) mass is 383 g/mol. The second-order valence-corrected chi connectivity index (χ2v) is 9.40. The number of nitrogens with zero attached hydrogens (tertiary/aromatic N) is 2. The minimum absolute atomic E-state index is 0.119. The van der Waals surface area contributed by atoms with Crippen LogP contribution in [0.5, 0.6) is 0 Å². The number of hydrogen-bond acceptors (Lipinski definition) is 4. The first-order chi connectivity index (χ1) is 13.2. The van der Waals surface area contributed by atoms with Crippen molar-refractivity contribution < 1.29 is 0 Å². The molecule has 1 atom stereocenters. The molecule has 27 heavy (non-hydrogen) atoms. The van der Waals surface area contributed by atoms with E-state index in [1.807, 2.05) is 0 Å². The average Bonchev–Trinajstić information content (AvgIpc) is 3.33. The SMILES string of the molecule is Cc1ccc(C2(c3csc(NCCC4CCCN4C)n3)CCCCC2)cc1. The van der Waals surface area contributed by atoms with Crippen molar-refractivity contribution >= 4 is 16.5 Å². The number of benzene rings is 1. The molecule has 1 aromatic carbocycles. The fourth-order valence-electron chi connectivity index (χ4n) is 4.99. The molecule has 0 spiro atoms. The van der Waals surface area contributed by atoms with Gasteiger partial charge in [0.15, 0.2) is 5.13 Å². The van der Waals surface area contributed by atoms with E-state index < -0.39 is 0 Å². The number of hydrogen-bond donors (Lipinski definition) is 1. The number of thiazole rings is 1. The maximum absolute atomic E-state index is 5.08. The number of aromatic nitrogens is 1. The molecule has 1 aromatic heterocycles. The lowest BCUT2D eigenvalue weighted by Gasteiger charge is -2.36. The van der Waals surface area contributed by atoms with E-state index in [0.29, 0.717) is 0 Å². The van der Waals surface area contributed by atoms with Gasteiger partial charge >= 0.3 is 0 Å². The van der Waals surface area contributed by atoms with E-state index in [9.17, 15) is 0 Å². The first-order valence-electron chi connectivity index (χ1n) is 10.6. The van der Waals surface area contributed by atoms with Gasteiger partial charge in [0.25, 0.3) is 0 Å². The molecule has 1 saturated heterocycles. The van der Waals surface area contributed by atoms with E-state index in [2.05, 4.69) is 53.8 Å². The van der Waals surface area contributed by atoms with Gasteiger partial charge in [-0.15, -0.1) is 11.3 Å². The standard InChI is InChI=1S/C23H33N3S/c1-18-8-10-19(11-9-18)23(13-4-3-5-14-23)21-17-27-22(25-21)24-15-12-20-7-6-16-26(20)2/h8-11,17,20H,3-7,12-16H2,1-2H3,(H,24,25). The second kappa shape index (κ2) is 8.32. The van der Waals surface area contributed by atoms with Gasteiger partial charge in [0, 0.05) is 23.4 Å². The molecule has 0 bridgehead atoms. The van der Waals surface area contributed by atoms with E-state index in [1.165, 1.54) is 74.7 Å². The molecule has 4 rings (SSSR count). The Morgan fingerprint density at radius 2 is 1.93 bits per heavy atom. The summed E-state index contributed by atoms with van der Waals surface area (Å²) in [6.07, 6.45) is 10.3. The lowest BCUT2D eigenvalue weighted by molar-refractivity contribution is 0.301. The van der Waals surface area contributed by atoms with Gasteiger partial charge in [0.05, 0.1) is 5.69 Å². The summed E-state index contributed by atoms with van der Waals surface area (Å²) in [6.45, 7) is 4.45. The minimum Gasteiger partial charge on any atom is -0.361 e. The normalized spacial score (nSPS) is 22.8. The zero-order valence-electron chi connectivity index (χ0n) is 16.8. The second-order valence-electron chi connectivity index (χ2n) is 8.54. The molecule has 2 fully saturated rings. The molecule has 1 saturated carbocycles. The van der Waals surface area contributed by atoms with Crippen LogP contribution in [0, 0.1) is 6.92 Å². The zero-order valence-corrected chi connectivity index (χ0v) is 17.7. The summed E-state index contributed by atoms with van der Waals surface area (Å²) in [5.74, 6) is 0. The van der Waals surface area contributed by atoms with Gasteiger partial charge in [-0.05, 0) is 58.2 Å². The van der Waals surface area contributed by atoms with Crippen LogP contribution in [0.25, 0.3) is 0 Å². The van der Waals surface area contributed by atoms with Gasteiger partial charge in [-0.3, -0.25) is 0 Å². The lowest BCUT2D eigenvalue weighted by Crippen LogP contribution is -2.31. The Labute approximate surface area is 168 Å². The van der Waals surface area contributed by atoms with E-state index in [0.717, 1.165) is 17.7 Å². The van der Waals surface area contributed by atoms with Gasteiger partial charge in [-0.1, -0.05) is 49.1 Å². The fraction of sp³-hybridized carbons (Fsp3) is 0.609. The molecule has 2 aliphatic rings. The van der Waals surface area contributed by atoms with Crippen molar-refractivity contribution in [2.24, 2.45) is 0 Å². The highest BCUT2D eigenvalue weighted by Gasteiger charge is 2.37. The molecule has 146 valence electrons. The summed E-state index contributed by atoms with van der Waals surface area (Å²) in [6, 6.07) is 9.94. The Hall–Kier alpha value is -1.39. The Kier molecular flexibility index (Phi) is 5.84. The predicted octanol–water partition coefficient (Wildman–Crippen LogP) is 5.60. The van der Waals surface area contributed by atoms with Crippen molar-refractivity contribution in [1.82, 2.24) is 9.88 Å². The number of aryl methyl sites for hydroxylation is 1.